The van der Waals surface area contributed by atoms with Crippen LogP contribution in [0.5, 0.6) is 0 Å². The molecule has 0 bridgehead atoms. The van der Waals surface area contributed by atoms with Gasteiger partial charge in [0.05, 0.1) is 13.2 Å². The van der Waals surface area contributed by atoms with Crippen LogP contribution in [0.25, 0.3) is 0 Å². The van der Waals surface area contributed by atoms with Crippen molar-refractivity contribution in [1.82, 2.24) is 15.1 Å². The summed E-state index contributed by atoms with van der Waals surface area (Å²) < 4.78 is 5.38. The van der Waals surface area contributed by atoms with Crippen LogP contribution in [-0.4, -0.2) is 49.2 Å². The first-order valence-electron chi connectivity index (χ1n) is 9.21. The van der Waals surface area contributed by atoms with Gasteiger partial charge in [0.25, 0.3) is 0 Å². The Balaban J connectivity index is 1.44. The summed E-state index contributed by atoms with van der Waals surface area (Å²) in [6, 6.07) is 15.9. The maximum absolute atomic E-state index is 12.3. The Bertz CT molecular complexity index is 728. The summed E-state index contributed by atoms with van der Waals surface area (Å²) in [5.41, 5.74) is 3.42. The number of benzene rings is 2. The van der Waals surface area contributed by atoms with E-state index in [1.165, 1.54) is 5.56 Å². The Kier molecular flexibility index (Phi) is 7.10. The van der Waals surface area contributed by atoms with E-state index in [1.807, 2.05) is 24.3 Å². The molecule has 2 amide bonds. The van der Waals surface area contributed by atoms with Crippen LogP contribution >= 0.6 is 11.6 Å². The molecule has 0 radical (unpaired) electrons. The number of nitrogens with zero attached hydrogens (tertiary/aromatic N) is 2. The lowest BCUT2D eigenvalue weighted by atomic mass is 10.1. The van der Waals surface area contributed by atoms with Gasteiger partial charge in [0.1, 0.15) is 0 Å². The van der Waals surface area contributed by atoms with Crippen molar-refractivity contribution >= 4 is 17.6 Å². The summed E-state index contributed by atoms with van der Waals surface area (Å²) in [7, 11) is 1.79. The molecule has 1 fully saturated rings. The second-order valence-corrected chi connectivity index (χ2v) is 7.28. The number of morpholine rings is 1. The summed E-state index contributed by atoms with van der Waals surface area (Å²) in [5.74, 6) is 0. The van der Waals surface area contributed by atoms with Crippen molar-refractivity contribution in [3.8, 4) is 0 Å². The zero-order valence-electron chi connectivity index (χ0n) is 15.7. The summed E-state index contributed by atoms with van der Waals surface area (Å²) in [5, 5.41) is 3.66. The van der Waals surface area contributed by atoms with Gasteiger partial charge in [-0.05, 0) is 28.8 Å². The molecule has 0 aliphatic carbocycles. The number of ether oxygens (including phenoxy) is 1. The lowest BCUT2D eigenvalue weighted by Gasteiger charge is -2.26. The summed E-state index contributed by atoms with van der Waals surface area (Å²) in [6.07, 6.45) is 0. The quantitative estimate of drug-likeness (QED) is 0.824. The number of halogens is 1. The van der Waals surface area contributed by atoms with Gasteiger partial charge >= 0.3 is 6.03 Å². The number of amides is 2. The Morgan fingerprint density at radius 1 is 1.04 bits per heavy atom. The minimum Gasteiger partial charge on any atom is -0.379 e. The summed E-state index contributed by atoms with van der Waals surface area (Å²) >= 11 is 5.89. The van der Waals surface area contributed by atoms with E-state index in [2.05, 4.69) is 34.5 Å². The first-order valence-corrected chi connectivity index (χ1v) is 9.59. The third-order valence-electron chi connectivity index (χ3n) is 4.66. The van der Waals surface area contributed by atoms with Crippen molar-refractivity contribution in [3.05, 3.63) is 70.2 Å². The molecule has 2 aromatic carbocycles. The number of hydrogen-bond donors (Lipinski definition) is 1. The SMILES string of the molecule is CN(Cc1ccc(Cl)cc1)C(=O)NCc1ccc(CN2CCOCC2)cc1. The van der Waals surface area contributed by atoms with Gasteiger partial charge in [-0.15, -0.1) is 0 Å². The van der Waals surface area contributed by atoms with E-state index in [0.29, 0.717) is 18.1 Å². The monoisotopic (exact) mass is 387 g/mol. The number of hydrogen-bond acceptors (Lipinski definition) is 3. The van der Waals surface area contributed by atoms with Gasteiger partial charge in [-0.2, -0.15) is 0 Å². The van der Waals surface area contributed by atoms with E-state index >= 15 is 0 Å². The molecule has 0 atom stereocenters. The summed E-state index contributed by atoms with van der Waals surface area (Å²) in [6.45, 7) is 5.60. The molecule has 0 aromatic heterocycles. The average molecular weight is 388 g/mol. The van der Waals surface area contributed by atoms with E-state index in [0.717, 1.165) is 44.0 Å². The Morgan fingerprint density at radius 2 is 1.63 bits per heavy atom. The molecule has 1 heterocycles. The van der Waals surface area contributed by atoms with Gasteiger partial charge in [0, 0.05) is 44.8 Å². The molecule has 0 unspecified atom stereocenters. The minimum atomic E-state index is -0.0951. The van der Waals surface area contributed by atoms with Gasteiger partial charge in [0.2, 0.25) is 0 Å². The Labute approximate surface area is 165 Å². The highest BCUT2D eigenvalue weighted by molar-refractivity contribution is 6.30. The molecule has 6 heteroatoms. The fraction of sp³-hybridized carbons (Fsp3) is 0.381. The Hall–Kier alpha value is -2.08. The van der Waals surface area contributed by atoms with Gasteiger partial charge < -0.3 is 15.0 Å². The number of rotatable bonds is 6. The third-order valence-corrected chi connectivity index (χ3v) is 4.91. The third kappa shape index (κ3) is 6.24. The van der Waals surface area contributed by atoms with Gasteiger partial charge in [0.15, 0.2) is 0 Å². The molecule has 1 aliphatic rings. The molecule has 5 nitrogen and oxygen atoms in total. The van der Waals surface area contributed by atoms with Crippen LogP contribution in [0.1, 0.15) is 16.7 Å². The molecule has 3 rings (SSSR count). The standard InChI is InChI=1S/C21H26ClN3O2/c1-24(15-18-6-8-20(22)9-7-18)21(26)23-14-17-2-4-19(5-3-17)16-25-10-12-27-13-11-25/h2-9H,10-16H2,1H3,(H,23,26). The topological polar surface area (TPSA) is 44.8 Å². The molecule has 1 aliphatic heterocycles. The number of nitrogens with one attached hydrogen (secondary N) is 1. The van der Waals surface area contributed by atoms with Crippen molar-refractivity contribution in [1.29, 1.82) is 0 Å². The predicted octanol–water partition coefficient (Wildman–Crippen LogP) is 3.51. The molecule has 1 N–H and O–H groups in total. The smallest absolute Gasteiger partial charge is 0.317 e. The van der Waals surface area contributed by atoms with Crippen LogP contribution < -0.4 is 5.32 Å². The molecule has 2 aromatic rings. The first-order chi connectivity index (χ1) is 13.1. The maximum Gasteiger partial charge on any atom is 0.317 e. The predicted molar refractivity (Wildman–Crippen MR) is 108 cm³/mol. The van der Waals surface area contributed by atoms with Crippen LogP contribution in [0.2, 0.25) is 5.02 Å². The second kappa shape index (κ2) is 9.74. The zero-order valence-corrected chi connectivity index (χ0v) is 16.4. The molecule has 0 spiro atoms. The van der Waals surface area contributed by atoms with Crippen molar-refractivity contribution in [2.45, 2.75) is 19.6 Å². The van der Waals surface area contributed by atoms with Gasteiger partial charge in [-0.1, -0.05) is 48.0 Å². The highest BCUT2D eigenvalue weighted by Gasteiger charge is 2.11. The van der Waals surface area contributed by atoms with Crippen LogP contribution in [-0.2, 0) is 24.4 Å². The van der Waals surface area contributed by atoms with Gasteiger partial charge in [-0.25, -0.2) is 4.79 Å². The minimum absolute atomic E-state index is 0.0951. The van der Waals surface area contributed by atoms with Crippen molar-refractivity contribution in [2.24, 2.45) is 0 Å². The van der Waals surface area contributed by atoms with Crippen molar-refractivity contribution in [2.75, 3.05) is 33.4 Å². The lowest BCUT2D eigenvalue weighted by molar-refractivity contribution is 0.0342. The van der Waals surface area contributed by atoms with E-state index in [9.17, 15) is 4.79 Å². The average Bonchev–Trinajstić information content (AvgIpc) is 2.69. The highest BCUT2D eigenvalue weighted by atomic mass is 35.5. The number of carbonyl (C=O) groups excluding carboxylic acids is 1. The fourth-order valence-corrected chi connectivity index (χ4v) is 3.15. The highest BCUT2D eigenvalue weighted by Crippen LogP contribution is 2.12. The van der Waals surface area contributed by atoms with E-state index in [4.69, 9.17) is 16.3 Å². The Morgan fingerprint density at radius 3 is 2.30 bits per heavy atom. The normalized spacial score (nSPS) is 14.7. The van der Waals surface area contributed by atoms with E-state index in [1.54, 1.807) is 11.9 Å². The zero-order chi connectivity index (χ0) is 19.1. The van der Waals surface area contributed by atoms with E-state index in [-0.39, 0.29) is 6.03 Å². The first kappa shape index (κ1) is 19.7. The largest absolute Gasteiger partial charge is 0.379 e. The lowest BCUT2D eigenvalue weighted by Crippen LogP contribution is -2.36. The molecule has 27 heavy (non-hydrogen) atoms. The molecular formula is C21H26ClN3O2. The number of carbonyl (C=O) groups is 1. The molecular weight excluding hydrogens is 362 g/mol. The van der Waals surface area contributed by atoms with E-state index < -0.39 is 0 Å². The molecule has 144 valence electrons. The molecule has 1 saturated heterocycles. The maximum atomic E-state index is 12.3. The number of urea groups is 1. The van der Waals surface area contributed by atoms with Crippen molar-refractivity contribution < 1.29 is 9.53 Å². The van der Waals surface area contributed by atoms with Crippen LogP contribution in [0, 0.1) is 0 Å². The van der Waals surface area contributed by atoms with Gasteiger partial charge in [-0.3, -0.25) is 4.90 Å². The second-order valence-electron chi connectivity index (χ2n) is 6.85. The molecule has 0 saturated carbocycles. The van der Waals surface area contributed by atoms with Crippen LogP contribution in [0.3, 0.4) is 0 Å². The van der Waals surface area contributed by atoms with Crippen molar-refractivity contribution in [3.63, 3.8) is 0 Å². The van der Waals surface area contributed by atoms with Crippen LogP contribution in [0.4, 0.5) is 4.79 Å². The summed E-state index contributed by atoms with van der Waals surface area (Å²) in [4.78, 5) is 16.3. The fourth-order valence-electron chi connectivity index (χ4n) is 3.03. The van der Waals surface area contributed by atoms with Crippen LogP contribution in [0.15, 0.2) is 48.5 Å².